The molecular formula is C28H31N7O4. The van der Waals surface area contributed by atoms with Gasteiger partial charge in [0, 0.05) is 30.8 Å². The summed E-state index contributed by atoms with van der Waals surface area (Å²) in [6.07, 6.45) is 1.43. The fourth-order valence-corrected chi connectivity index (χ4v) is 4.98. The molecule has 0 radical (unpaired) electrons. The number of nitrogens with one attached hydrogen (secondary N) is 1. The number of carbonyl (C=O) groups excluding carboxylic acids is 2. The number of piperidine rings is 1. The van der Waals surface area contributed by atoms with Crippen LogP contribution in [-0.2, 0) is 11.3 Å². The third-order valence-corrected chi connectivity index (χ3v) is 7.10. The third kappa shape index (κ3) is 5.31. The lowest BCUT2D eigenvalue weighted by Crippen LogP contribution is -2.46. The van der Waals surface area contributed by atoms with Crippen LogP contribution in [0.3, 0.4) is 0 Å². The van der Waals surface area contributed by atoms with E-state index in [1.54, 1.807) is 15.6 Å². The van der Waals surface area contributed by atoms with Crippen LogP contribution >= 0.6 is 0 Å². The average Bonchev–Trinajstić information content (AvgIpc) is 3.37. The van der Waals surface area contributed by atoms with E-state index in [2.05, 4.69) is 15.3 Å². The second kappa shape index (κ2) is 11.2. The zero-order valence-corrected chi connectivity index (χ0v) is 21.6. The highest BCUT2D eigenvalue weighted by Crippen LogP contribution is 2.34. The number of aryl methyl sites for hydroxylation is 1. The van der Waals surface area contributed by atoms with Crippen molar-refractivity contribution < 1.29 is 19.8 Å². The van der Waals surface area contributed by atoms with E-state index in [-0.39, 0.29) is 11.9 Å². The van der Waals surface area contributed by atoms with E-state index in [0.717, 1.165) is 23.1 Å². The molecule has 11 heteroatoms. The van der Waals surface area contributed by atoms with Gasteiger partial charge in [0.2, 0.25) is 0 Å². The summed E-state index contributed by atoms with van der Waals surface area (Å²) in [6, 6.07) is 15.0. The van der Waals surface area contributed by atoms with Gasteiger partial charge < -0.3 is 26.2 Å². The molecule has 2 aromatic carbocycles. The second-order valence-corrected chi connectivity index (χ2v) is 9.72. The van der Waals surface area contributed by atoms with E-state index in [1.807, 2.05) is 49.4 Å². The van der Waals surface area contributed by atoms with Crippen molar-refractivity contribution in [1.29, 1.82) is 0 Å². The van der Waals surface area contributed by atoms with E-state index < -0.39 is 18.6 Å². The Morgan fingerprint density at radius 3 is 2.67 bits per heavy atom. The van der Waals surface area contributed by atoms with Crippen LogP contribution in [0, 0.1) is 6.92 Å². The van der Waals surface area contributed by atoms with Gasteiger partial charge in [0.15, 0.2) is 11.8 Å². The molecule has 0 spiro atoms. The van der Waals surface area contributed by atoms with Gasteiger partial charge in [-0.3, -0.25) is 9.59 Å². The van der Waals surface area contributed by atoms with Crippen LogP contribution in [0.5, 0.6) is 0 Å². The normalized spacial score (nSPS) is 16.3. The van der Waals surface area contributed by atoms with Crippen molar-refractivity contribution >= 4 is 28.7 Å². The monoisotopic (exact) mass is 529 g/mol. The van der Waals surface area contributed by atoms with Crippen LogP contribution in [-0.4, -0.2) is 72.5 Å². The number of aliphatic hydroxyl groups excluding tert-OH is 2. The summed E-state index contributed by atoms with van der Waals surface area (Å²) in [7, 11) is 0. The molecule has 1 aliphatic heterocycles. The lowest BCUT2D eigenvalue weighted by Gasteiger charge is -2.33. The van der Waals surface area contributed by atoms with Gasteiger partial charge in [-0.25, -0.2) is 14.6 Å². The van der Waals surface area contributed by atoms with Crippen molar-refractivity contribution in [2.75, 3.05) is 25.4 Å². The maximum Gasteiger partial charge on any atom is 0.253 e. The molecule has 2 aromatic heterocycles. The van der Waals surface area contributed by atoms with Crippen molar-refractivity contribution in [1.82, 2.24) is 30.0 Å². The molecule has 1 aliphatic rings. The van der Waals surface area contributed by atoms with Gasteiger partial charge in [-0.1, -0.05) is 42.5 Å². The number of hydrogen-bond donors (Lipinski definition) is 4. The molecule has 0 saturated carbocycles. The Balaban J connectivity index is 1.39. The number of aliphatic hydroxyl groups is 2. The lowest BCUT2D eigenvalue weighted by molar-refractivity contribution is -0.143. The molecule has 0 bridgehead atoms. The molecule has 2 amide bonds. The Labute approximate surface area is 225 Å². The van der Waals surface area contributed by atoms with E-state index in [4.69, 9.17) is 10.8 Å². The van der Waals surface area contributed by atoms with Crippen molar-refractivity contribution in [2.24, 2.45) is 0 Å². The third-order valence-electron chi connectivity index (χ3n) is 7.10. The number of fused-ring (bicyclic) bond motifs is 1. The molecule has 3 heterocycles. The summed E-state index contributed by atoms with van der Waals surface area (Å²) in [5, 5.41) is 27.5. The molecule has 39 heavy (non-hydrogen) atoms. The predicted octanol–water partition coefficient (Wildman–Crippen LogP) is 1.83. The largest absolute Gasteiger partial charge is 0.393 e. The van der Waals surface area contributed by atoms with Gasteiger partial charge in [0.05, 0.1) is 18.0 Å². The van der Waals surface area contributed by atoms with Crippen LogP contribution in [0.25, 0.3) is 22.3 Å². The molecule has 202 valence electrons. The number of nitrogens with zero attached hydrogens (tertiary/aromatic N) is 5. The molecule has 5 N–H and O–H groups in total. The number of rotatable bonds is 7. The first-order valence-electron chi connectivity index (χ1n) is 12.9. The Bertz CT molecular complexity index is 1500. The van der Waals surface area contributed by atoms with Gasteiger partial charge in [-0.2, -0.15) is 5.10 Å². The maximum atomic E-state index is 12.6. The Morgan fingerprint density at radius 2 is 1.92 bits per heavy atom. The van der Waals surface area contributed by atoms with E-state index in [1.165, 1.54) is 6.33 Å². The average molecular weight is 530 g/mol. The number of anilines is 1. The van der Waals surface area contributed by atoms with Crippen LogP contribution in [0.1, 0.15) is 40.4 Å². The summed E-state index contributed by atoms with van der Waals surface area (Å²) < 4.78 is 1.78. The summed E-state index contributed by atoms with van der Waals surface area (Å²) in [5.41, 5.74) is 10.8. The smallest absolute Gasteiger partial charge is 0.253 e. The minimum atomic E-state index is -1.44. The van der Waals surface area contributed by atoms with Gasteiger partial charge in [0.1, 0.15) is 17.8 Å². The summed E-state index contributed by atoms with van der Waals surface area (Å²) in [4.78, 5) is 35.2. The summed E-state index contributed by atoms with van der Waals surface area (Å²) in [5.74, 6) is -0.327. The number of benzene rings is 2. The minimum absolute atomic E-state index is 0.127. The highest BCUT2D eigenvalue weighted by atomic mass is 16.3. The van der Waals surface area contributed by atoms with Gasteiger partial charge in [-0.05, 0) is 37.0 Å². The Kier molecular flexibility index (Phi) is 7.53. The molecule has 1 fully saturated rings. The Hall–Kier alpha value is -4.35. The van der Waals surface area contributed by atoms with Crippen LogP contribution < -0.4 is 11.1 Å². The number of carbonyl (C=O) groups is 2. The first-order valence-corrected chi connectivity index (χ1v) is 12.9. The van der Waals surface area contributed by atoms with Crippen molar-refractivity contribution in [3.05, 3.63) is 71.5 Å². The summed E-state index contributed by atoms with van der Waals surface area (Å²) in [6.45, 7) is 2.49. The number of likely N-dealkylation sites (tertiary alicyclic amines) is 1. The zero-order valence-electron chi connectivity index (χ0n) is 21.6. The van der Waals surface area contributed by atoms with Crippen molar-refractivity contribution in [3.8, 4) is 11.3 Å². The molecule has 4 aromatic rings. The molecule has 5 rings (SSSR count). The molecule has 11 nitrogen and oxygen atoms in total. The number of aromatic nitrogens is 4. The Morgan fingerprint density at radius 1 is 1.15 bits per heavy atom. The maximum absolute atomic E-state index is 12.6. The molecule has 0 aliphatic carbocycles. The van der Waals surface area contributed by atoms with Crippen LogP contribution in [0.15, 0.2) is 54.9 Å². The number of nitrogens with two attached hydrogens (primary N) is 1. The van der Waals surface area contributed by atoms with Gasteiger partial charge in [-0.15, -0.1) is 0 Å². The lowest BCUT2D eigenvalue weighted by atomic mass is 10.0. The quantitative estimate of drug-likeness (QED) is 0.282. The fraction of sp³-hybridized carbons (Fsp3) is 0.321. The summed E-state index contributed by atoms with van der Waals surface area (Å²) >= 11 is 0. The fourth-order valence-electron chi connectivity index (χ4n) is 4.98. The number of hydrogen-bond acceptors (Lipinski definition) is 8. The molecule has 1 unspecified atom stereocenters. The minimum Gasteiger partial charge on any atom is -0.393 e. The SMILES string of the molecule is Cc1ccccc1C(=O)NCc1ccc(-c2nn([C@@H]3CCCN(C(=O)C(O)CO)C3)c3ncnc(N)c23)cc1. The molecule has 1 saturated heterocycles. The van der Waals surface area contributed by atoms with Crippen LogP contribution in [0.4, 0.5) is 5.82 Å². The van der Waals surface area contributed by atoms with E-state index in [0.29, 0.717) is 54.2 Å². The topological polar surface area (TPSA) is 159 Å². The predicted molar refractivity (Wildman–Crippen MR) is 145 cm³/mol. The number of nitrogen functional groups attached to an aromatic ring is 1. The van der Waals surface area contributed by atoms with Gasteiger partial charge >= 0.3 is 0 Å². The van der Waals surface area contributed by atoms with Crippen LogP contribution in [0.2, 0.25) is 0 Å². The zero-order chi connectivity index (χ0) is 27.5. The highest BCUT2D eigenvalue weighted by Gasteiger charge is 2.31. The molecular weight excluding hydrogens is 498 g/mol. The standard InChI is InChI=1S/C28H31N7O4/c1-17-5-2-3-7-21(17)27(38)30-13-18-8-10-19(11-9-18)24-23-25(29)31-16-32-26(23)35(33-24)20-6-4-12-34(14-20)28(39)22(37)15-36/h2-3,5,7-11,16,20,22,36-37H,4,6,12-15H2,1H3,(H,30,38)(H2,29,31,32)/t20-,22?/m1/s1. The van der Waals surface area contributed by atoms with E-state index in [9.17, 15) is 19.8 Å². The number of amides is 2. The highest BCUT2D eigenvalue weighted by molar-refractivity contribution is 5.98. The van der Waals surface area contributed by atoms with Crippen molar-refractivity contribution in [3.63, 3.8) is 0 Å². The van der Waals surface area contributed by atoms with E-state index >= 15 is 0 Å². The molecule has 2 atom stereocenters. The van der Waals surface area contributed by atoms with Gasteiger partial charge in [0.25, 0.3) is 11.8 Å². The first kappa shape index (κ1) is 26.3. The van der Waals surface area contributed by atoms with Crippen molar-refractivity contribution in [2.45, 2.75) is 38.5 Å². The first-order chi connectivity index (χ1) is 18.9. The second-order valence-electron chi connectivity index (χ2n) is 9.72.